The van der Waals surface area contributed by atoms with E-state index in [-0.39, 0.29) is 0 Å². The van der Waals surface area contributed by atoms with Crippen molar-refractivity contribution in [2.24, 2.45) is 0 Å². The van der Waals surface area contributed by atoms with Gasteiger partial charge in [0.05, 0.1) is 39.0 Å². The summed E-state index contributed by atoms with van der Waals surface area (Å²) in [6.45, 7) is 0. The van der Waals surface area contributed by atoms with E-state index in [9.17, 15) is 0 Å². The highest BCUT2D eigenvalue weighted by Crippen LogP contribution is 2.44. The van der Waals surface area contributed by atoms with E-state index in [1.807, 2.05) is 24.3 Å². The first kappa shape index (κ1) is 30.3. The van der Waals surface area contributed by atoms with Crippen molar-refractivity contribution in [2.75, 3.05) is 0 Å². The highest BCUT2D eigenvalue weighted by molar-refractivity contribution is 6.22. The lowest BCUT2D eigenvalue weighted by atomic mass is 9.87. The fourth-order valence-corrected chi connectivity index (χ4v) is 8.23. The van der Waals surface area contributed by atoms with Gasteiger partial charge in [-0.25, -0.2) is 15.0 Å². The molecule has 250 valence electrons. The molecule has 0 spiro atoms. The van der Waals surface area contributed by atoms with Crippen LogP contribution in [0.4, 0.5) is 0 Å². The summed E-state index contributed by atoms with van der Waals surface area (Å²) in [7, 11) is 0. The molecule has 4 heteroatoms. The van der Waals surface area contributed by atoms with Crippen molar-refractivity contribution in [1.29, 1.82) is 0 Å². The number of benzene rings is 7. The maximum atomic E-state index is 5.51. The van der Waals surface area contributed by atoms with Crippen LogP contribution in [0.2, 0.25) is 0 Å². The zero-order chi connectivity index (χ0) is 35.6. The van der Waals surface area contributed by atoms with E-state index >= 15 is 0 Å². The molecule has 0 saturated carbocycles. The van der Waals surface area contributed by atoms with Crippen LogP contribution in [0.5, 0.6) is 0 Å². The third kappa shape index (κ3) is 4.78. The molecule has 4 heterocycles. The van der Waals surface area contributed by atoms with Crippen LogP contribution in [0.15, 0.2) is 182 Å². The minimum absolute atomic E-state index is 0.891. The molecule has 0 atom stereocenters. The molecule has 0 aliphatic carbocycles. The third-order valence-corrected chi connectivity index (χ3v) is 10.7. The van der Waals surface area contributed by atoms with Gasteiger partial charge in [-0.1, -0.05) is 140 Å². The van der Waals surface area contributed by atoms with Crippen molar-refractivity contribution in [3.63, 3.8) is 0 Å². The standard InChI is InChI=1S/C50H30N4/c1-2-11-32(12-3-1)47-39-17-8-9-18-42(39)53-50-40(47)26-24-34-25-27-45(54-49(34)50)48-37-15-6-4-13-35(37)46(36-14-5-7-16-38(36)48)33-22-20-31(21-23-33)41-28-29-43-44(52-41)19-10-30-51-43/h1-30H. The first-order valence-electron chi connectivity index (χ1n) is 18.2. The summed E-state index contributed by atoms with van der Waals surface area (Å²) >= 11 is 0. The Bertz CT molecular complexity index is 3210. The van der Waals surface area contributed by atoms with Crippen LogP contribution in [0.1, 0.15) is 0 Å². The minimum atomic E-state index is 0.891. The van der Waals surface area contributed by atoms with Gasteiger partial charge in [0.1, 0.15) is 0 Å². The number of rotatable bonds is 4. The van der Waals surface area contributed by atoms with E-state index in [4.69, 9.17) is 15.0 Å². The Morgan fingerprint density at radius 3 is 1.61 bits per heavy atom. The van der Waals surface area contributed by atoms with Gasteiger partial charge >= 0.3 is 0 Å². The molecular formula is C50H30N4. The first-order chi connectivity index (χ1) is 26.8. The van der Waals surface area contributed by atoms with Crippen LogP contribution >= 0.6 is 0 Å². The zero-order valence-electron chi connectivity index (χ0n) is 29.1. The lowest BCUT2D eigenvalue weighted by Crippen LogP contribution is -1.95. The van der Waals surface area contributed by atoms with E-state index in [1.54, 1.807) is 6.20 Å². The number of pyridine rings is 4. The van der Waals surface area contributed by atoms with Crippen LogP contribution in [0, 0.1) is 0 Å². The topological polar surface area (TPSA) is 51.6 Å². The Balaban J connectivity index is 1.12. The first-order valence-corrected chi connectivity index (χ1v) is 18.2. The molecule has 4 aromatic heterocycles. The Morgan fingerprint density at radius 1 is 0.278 bits per heavy atom. The highest BCUT2D eigenvalue weighted by atomic mass is 14.8. The summed E-state index contributed by atoms with van der Waals surface area (Å²) in [4.78, 5) is 20.1. The Hall–Kier alpha value is -7.30. The molecular weight excluding hydrogens is 657 g/mol. The monoisotopic (exact) mass is 686 g/mol. The van der Waals surface area contributed by atoms with Crippen LogP contribution in [-0.4, -0.2) is 19.9 Å². The van der Waals surface area contributed by atoms with E-state index in [1.165, 1.54) is 27.5 Å². The number of aromatic nitrogens is 4. The fraction of sp³-hybridized carbons (Fsp3) is 0. The summed E-state index contributed by atoms with van der Waals surface area (Å²) in [5, 5.41) is 7.99. The van der Waals surface area contributed by atoms with Gasteiger partial charge in [-0.3, -0.25) is 4.98 Å². The number of hydrogen-bond acceptors (Lipinski definition) is 4. The molecule has 0 N–H and O–H groups in total. The predicted molar refractivity (Wildman–Crippen MR) is 224 cm³/mol. The number of para-hydroxylation sites is 1. The Kier molecular flexibility index (Phi) is 6.82. The van der Waals surface area contributed by atoms with E-state index in [0.717, 1.165) is 82.6 Å². The molecule has 0 fully saturated rings. The smallest absolute Gasteiger partial charge is 0.0978 e. The molecule has 54 heavy (non-hydrogen) atoms. The van der Waals surface area contributed by atoms with E-state index in [2.05, 4.69) is 157 Å². The lowest BCUT2D eigenvalue weighted by Gasteiger charge is -2.18. The number of hydrogen-bond donors (Lipinski definition) is 0. The molecule has 0 amide bonds. The number of nitrogens with zero attached hydrogens (tertiary/aromatic N) is 4. The van der Waals surface area contributed by atoms with E-state index in [0.29, 0.717) is 0 Å². The summed E-state index contributed by atoms with van der Waals surface area (Å²) in [5.41, 5.74) is 13.3. The minimum Gasteiger partial charge on any atom is -0.255 e. The Labute approximate surface area is 311 Å². The van der Waals surface area contributed by atoms with Crippen molar-refractivity contribution < 1.29 is 0 Å². The van der Waals surface area contributed by atoms with Crippen LogP contribution in [-0.2, 0) is 0 Å². The highest BCUT2D eigenvalue weighted by Gasteiger charge is 2.19. The maximum Gasteiger partial charge on any atom is 0.0978 e. The van der Waals surface area contributed by atoms with Crippen molar-refractivity contribution in [3.05, 3.63) is 182 Å². The lowest BCUT2D eigenvalue weighted by molar-refractivity contribution is 1.33. The maximum absolute atomic E-state index is 5.51. The average Bonchev–Trinajstić information content (AvgIpc) is 3.24. The van der Waals surface area contributed by atoms with Gasteiger partial charge in [0, 0.05) is 39.0 Å². The average molecular weight is 687 g/mol. The summed E-state index contributed by atoms with van der Waals surface area (Å²) in [5.74, 6) is 0. The van der Waals surface area contributed by atoms with Crippen molar-refractivity contribution >= 4 is 65.3 Å². The second-order valence-electron chi connectivity index (χ2n) is 13.8. The van der Waals surface area contributed by atoms with E-state index < -0.39 is 0 Å². The fourth-order valence-electron chi connectivity index (χ4n) is 8.23. The van der Waals surface area contributed by atoms with Gasteiger partial charge in [0.25, 0.3) is 0 Å². The van der Waals surface area contributed by atoms with Gasteiger partial charge in [-0.05, 0) is 74.6 Å². The quantitative estimate of drug-likeness (QED) is 0.137. The summed E-state index contributed by atoms with van der Waals surface area (Å²) in [6, 6.07) is 62.1. The third-order valence-electron chi connectivity index (χ3n) is 10.7. The second-order valence-corrected chi connectivity index (χ2v) is 13.8. The second kappa shape index (κ2) is 12.1. The van der Waals surface area contributed by atoms with Gasteiger partial charge in [0.15, 0.2) is 0 Å². The van der Waals surface area contributed by atoms with Gasteiger partial charge in [-0.15, -0.1) is 0 Å². The molecule has 7 aromatic carbocycles. The summed E-state index contributed by atoms with van der Waals surface area (Å²) < 4.78 is 0. The van der Waals surface area contributed by atoms with Crippen molar-refractivity contribution in [3.8, 4) is 44.8 Å². The van der Waals surface area contributed by atoms with Crippen molar-refractivity contribution in [2.45, 2.75) is 0 Å². The van der Waals surface area contributed by atoms with Crippen LogP contribution in [0.3, 0.4) is 0 Å². The SMILES string of the molecule is c1ccc(-c2c3ccccc3nc3c2ccc2ccc(-c4c5ccccc5c(-c5ccc(-c6ccc7ncccc7n6)cc5)c5ccccc45)nc23)cc1. The predicted octanol–water partition coefficient (Wildman–Crippen LogP) is 12.9. The summed E-state index contributed by atoms with van der Waals surface area (Å²) in [6.07, 6.45) is 1.80. The zero-order valence-corrected chi connectivity index (χ0v) is 29.1. The van der Waals surface area contributed by atoms with Gasteiger partial charge in [0.2, 0.25) is 0 Å². The van der Waals surface area contributed by atoms with Crippen molar-refractivity contribution in [1.82, 2.24) is 19.9 Å². The number of fused-ring (bicyclic) bond motifs is 7. The molecule has 0 aliphatic rings. The largest absolute Gasteiger partial charge is 0.255 e. The molecule has 0 unspecified atom stereocenters. The van der Waals surface area contributed by atoms with Gasteiger partial charge in [-0.2, -0.15) is 0 Å². The molecule has 4 nitrogen and oxygen atoms in total. The normalized spacial score (nSPS) is 11.7. The Morgan fingerprint density at radius 2 is 0.852 bits per heavy atom. The molecule has 0 saturated heterocycles. The molecule has 0 radical (unpaired) electrons. The molecule has 11 rings (SSSR count). The van der Waals surface area contributed by atoms with Gasteiger partial charge < -0.3 is 0 Å². The molecule has 0 aliphatic heterocycles. The van der Waals surface area contributed by atoms with Crippen LogP contribution in [0.25, 0.3) is 110 Å². The molecule has 11 aromatic rings. The van der Waals surface area contributed by atoms with Crippen LogP contribution < -0.4 is 0 Å². The molecule has 0 bridgehead atoms.